The first-order chi connectivity index (χ1) is 14.5. The van der Waals surface area contributed by atoms with Gasteiger partial charge >= 0.3 is 5.69 Å². The molecule has 152 valence electrons. The van der Waals surface area contributed by atoms with Crippen molar-refractivity contribution in [3.63, 3.8) is 0 Å². The van der Waals surface area contributed by atoms with Crippen LogP contribution < -0.4 is 21.3 Å². The molecular formula is C22H19N3O4S. The van der Waals surface area contributed by atoms with Gasteiger partial charge in [0.05, 0.1) is 18.7 Å². The van der Waals surface area contributed by atoms with Crippen LogP contribution in [0.25, 0.3) is 10.2 Å². The summed E-state index contributed by atoms with van der Waals surface area (Å²) in [5.41, 5.74) is 1.66. The second-order valence-corrected chi connectivity index (χ2v) is 7.51. The van der Waals surface area contributed by atoms with Crippen LogP contribution in [0.1, 0.15) is 22.8 Å². The number of thiophene rings is 1. The maximum absolute atomic E-state index is 12.5. The van der Waals surface area contributed by atoms with Crippen molar-refractivity contribution in [2.24, 2.45) is 0 Å². The van der Waals surface area contributed by atoms with Gasteiger partial charge < -0.3 is 15.0 Å². The zero-order valence-corrected chi connectivity index (χ0v) is 17.0. The quantitative estimate of drug-likeness (QED) is 0.499. The largest absolute Gasteiger partial charge is 0.494 e. The molecule has 0 saturated carbocycles. The molecular weight excluding hydrogens is 402 g/mol. The molecule has 2 N–H and O–H groups in total. The molecule has 0 aliphatic heterocycles. The van der Waals surface area contributed by atoms with E-state index in [1.807, 2.05) is 6.92 Å². The molecule has 8 heteroatoms. The number of amides is 1. The highest BCUT2D eigenvalue weighted by Crippen LogP contribution is 2.17. The van der Waals surface area contributed by atoms with Crippen LogP contribution in [0.3, 0.4) is 0 Å². The summed E-state index contributed by atoms with van der Waals surface area (Å²) in [6.07, 6.45) is 0. The Morgan fingerprint density at radius 2 is 1.80 bits per heavy atom. The highest BCUT2D eigenvalue weighted by Gasteiger charge is 2.10. The summed E-state index contributed by atoms with van der Waals surface area (Å²) >= 11 is 1.29. The number of aromatic nitrogens is 2. The van der Waals surface area contributed by atoms with E-state index in [1.54, 1.807) is 60.0 Å². The number of anilines is 1. The molecule has 0 fully saturated rings. The van der Waals surface area contributed by atoms with Crippen LogP contribution in [0.5, 0.6) is 5.75 Å². The number of hydrogen-bond acceptors (Lipinski definition) is 5. The molecule has 0 aliphatic rings. The summed E-state index contributed by atoms with van der Waals surface area (Å²) < 4.78 is 7.06. The number of nitrogens with zero attached hydrogens (tertiary/aromatic N) is 1. The molecule has 0 unspecified atom stereocenters. The van der Waals surface area contributed by atoms with E-state index in [0.717, 1.165) is 15.9 Å². The number of fused-ring (bicyclic) bond motifs is 1. The van der Waals surface area contributed by atoms with Crippen LogP contribution in [0.4, 0.5) is 5.69 Å². The maximum Gasteiger partial charge on any atom is 0.329 e. The van der Waals surface area contributed by atoms with Gasteiger partial charge in [0.25, 0.3) is 11.5 Å². The zero-order chi connectivity index (χ0) is 21.1. The lowest BCUT2D eigenvalue weighted by Crippen LogP contribution is -2.34. The van der Waals surface area contributed by atoms with Crippen LogP contribution >= 0.6 is 11.3 Å². The van der Waals surface area contributed by atoms with Gasteiger partial charge in [-0.1, -0.05) is 12.1 Å². The number of nitrogens with one attached hydrogen (secondary N) is 2. The Balaban J connectivity index is 1.48. The van der Waals surface area contributed by atoms with Crippen molar-refractivity contribution in [3.8, 4) is 5.75 Å². The molecule has 4 aromatic rings. The van der Waals surface area contributed by atoms with Crippen molar-refractivity contribution in [2.75, 3.05) is 11.9 Å². The minimum Gasteiger partial charge on any atom is -0.494 e. The van der Waals surface area contributed by atoms with Gasteiger partial charge in [-0.3, -0.25) is 14.2 Å². The third-order valence-corrected chi connectivity index (χ3v) is 5.47. The molecule has 1 amide bonds. The monoisotopic (exact) mass is 421 g/mol. The summed E-state index contributed by atoms with van der Waals surface area (Å²) in [6.45, 7) is 2.62. The number of rotatable bonds is 6. The number of carbonyl (C=O) groups excluding carboxylic acids is 1. The predicted octanol–water partition coefficient (Wildman–Crippen LogP) is 3.45. The molecule has 0 radical (unpaired) electrons. The molecule has 2 aromatic heterocycles. The lowest BCUT2D eigenvalue weighted by atomic mass is 10.1. The van der Waals surface area contributed by atoms with Crippen molar-refractivity contribution in [1.29, 1.82) is 0 Å². The van der Waals surface area contributed by atoms with E-state index in [1.165, 1.54) is 11.3 Å². The standard InChI is InChI=1S/C22H19N3O4S/c1-2-29-17-9-7-16(8-10-17)23-20(26)15-5-3-14(4-6-15)13-25-21(27)19-18(11-12-30-19)24-22(25)28/h3-12H,2,13H2,1H3,(H,23,26)(H,24,28). The Bertz CT molecular complexity index is 1300. The lowest BCUT2D eigenvalue weighted by molar-refractivity contribution is 0.102. The van der Waals surface area contributed by atoms with Crippen molar-refractivity contribution >= 4 is 33.1 Å². The Kier molecular flexibility index (Phi) is 5.49. The SMILES string of the molecule is CCOc1ccc(NC(=O)c2ccc(Cn3c(=O)[nH]c4ccsc4c3=O)cc2)cc1. The summed E-state index contributed by atoms with van der Waals surface area (Å²) in [5, 5.41) is 4.60. The first-order valence-corrected chi connectivity index (χ1v) is 10.3. The van der Waals surface area contributed by atoms with Crippen molar-refractivity contribution < 1.29 is 9.53 Å². The van der Waals surface area contributed by atoms with Gasteiger partial charge in [0.15, 0.2) is 0 Å². The minimum absolute atomic E-state index is 0.128. The lowest BCUT2D eigenvalue weighted by Gasteiger charge is -2.08. The second kappa shape index (κ2) is 8.38. The van der Waals surface area contributed by atoms with Crippen LogP contribution in [0, 0.1) is 0 Å². The van der Waals surface area contributed by atoms with Crippen molar-refractivity contribution in [3.05, 3.63) is 91.9 Å². The molecule has 2 aromatic carbocycles. The number of hydrogen-bond donors (Lipinski definition) is 2. The normalized spacial score (nSPS) is 10.8. The number of benzene rings is 2. The van der Waals surface area contributed by atoms with Gasteiger partial charge in [0.1, 0.15) is 10.4 Å². The number of carbonyl (C=O) groups is 1. The maximum atomic E-state index is 12.5. The summed E-state index contributed by atoms with van der Waals surface area (Å²) in [7, 11) is 0. The van der Waals surface area contributed by atoms with E-state index in [9.17, 15) is 14.4 Å². The van der Waals surface area contributed by atoms with Gasteiger partial charge in [0.2, 0.25) is 0 Å². The molecule has 30 heavy (non-hydrogen) atoms. The van der Waals surface area contributed by atoms with Crippen LogP contribution in [0.2, 0.25) is 0 Å². The third kappa shape index (κ3) is 4.04. The summed E-state index contributed by atoms with van der Waals surface area (Å²) in [4.78, 5) is 40.0. The zero-order valence-electron chi connectivity index (χ0n) is 16.2. The highest BCUT2D eigenvalue weighted by molar-refractivity contribution is 7.17. The van der Waals surface area contributed by atoms with E-state index in [2.05, 4.69) is 10.3 Å². The van der Waals surface area contributed by atoms with E-state index in [0.29, 0.717) is 28.1 Å². The Morgan fingerprint density at radius 1 is 1.07 bits per heavy atom. The number of aromatic amines is 1. The fraction of sp³-hybridized carbons (Fsp3) is 0.136. The number of ether oxygens (including phenoxy) is 1. The molecule has 7 nitrogen and oxygen atoms in total. The van der Waals surface area contributed by atoms with E-state index < -0.39 is 5.69 Å². The Hall–Kier alpha value is -3.65. The molecule has 2 heterocycles. The fourth-order valence-corrected chi connectivity index (χ4v) is 3.86. The third-order valence-electron chi connectivity index (χ3n) is 4.57. The van der Waals surface area contributed by atoms with Gasteiger partial charge in [-0.25, -0.2) is 4.79 Å². The first kappa shape index (κ1) is 19.7. The first-order valence-electron chi connectivity index (χ1n) is 9.38. The molecule has 4 rings (SSSR count). The second-order valence-electron chi connectivity index (χ2n) is 6.59. The molecule has 0 aliphatic carbocycles. The molecule has 0 saturated heterocycles. The van der Waals surface area contributed by atoms with E-state index >= 15 is 0 Å². The summed E-state index contributed by atoms with van der Waals surface area (Å²) in [5.74, 6) is 0.492. The average Bonchev–Trinajstić information content (AvgIpc) is 3.22. The van der Waals surface area contributed by atoms with Gasteiger partial charge in [-0.2, -0.15) is 0 Å². The topological polar surface area (TPSA) is 93.2 Å². The smallest absolute Gasteiger partial charge is 0.329 e. The highest BCUT2D eigenvalue weighted by atomic mass is 32.1. The molecule has 0 bridgehead atoms. The Morgan fingerprint density at radius 3 is 2.50 bits per heavy atom. The van der Waals surface area contributed by atoms with Crippen LogP contribution in [-0.2, 0) is 6.54 Å². The molecule has 0 spiro atoms. The van der Waals surface area contributed by atoms with Gasteiger partial charge in [-0.15, -0.1) is 11.3 Å². The minimum atomic E-state index is -0.455. The Labute approximate surface area is 175 Å². The van der Waals surface area contributed by atoms with E-state index in [4.69, 9.17) is 4.74 Å². The fourth-order valence-electron chi connectivity index (χ4n) is 3.06. The van der Waals surface area contributed by atoms with Gasteiger partial charge in [0, 0.05) is 11.3 Å². The van der Waals surface area contributed by atoms with Crippen molar-refractivity contribution in [1.82, 2.24) is 9.55 Å². The van der Waals surface area contributed by atoms with E-state index in [-0.39, 0.29) is 18.0 Å². The predicted molar refractivity (Wildman–Crippen MR) is 118 cm³/mol. The van der Waals surface area contributed by atoms with Crippen molar-refractivity contribution in [2.45, 2.75) is 13.5 Å². The molecule has 0 atom stereocenters. The van der Waals surface area contributed by atoms with Crippen LogP contribution in [0.15, 0.2) is 69.6 Å². The summed E-state index contributed by atoms with van der Waals surface area (Å²) in [6, 6.07) is 15.7. The average molecular weight is 421 g/mol. The van der Waals surface area contributed by atoms with Crippen LogP contribution in [-0.4, -0.2) is 22.1 Å². The van der Waals surface area contributed by atoms with Gasteiger partial charge in [-0.05, 0) is 60.3 Å². The number of H-pyrrole nitrogens is 1.